The Kier molecular flexibility index (Phi) is 2.74. The maximum Gasteiger partial charge on any atom is 0.0932 e. The molecule has 3 N–H and O–H groups in total. The first kappa shape index (κ1) is 11.2. The molecule has 1 aromatic heterocycles. The zero-order valence-corrected chi connectivity index (χ0v) is 9.99. The van der Waals surface area contributed by atoms with Crippen molar-refractivity contribution in [1.29, 1.82) is 0 Å². The van der Waals surface area contributed by atoms with Crippen LogP contribution in [0.3, 0.4) is 0 Å². The smallest absolute Gasteiger partial charge is 0.0932 e. The van der Waals surface area contributed by atoms with Crippen LogP contribution in [-0.2, 0) is 7.05 Å². The molecule has 0 fully saturated rings. The molecule has 1 atom stereocenters. The summed E-state index contributed by atoms with van der Waals surface area (Å²) in [5, 5.41) is 11.0. The zero-order chi connectivity index (χ0) is 11.9. The average molecular weight is 218 g/mol. The van der Waals surface area contributed by atoms with Gasteiger partial charge >= 0.3 is 0 Å². The Morgan fingerprint density at radius 2 is 2.06 bits per heavy atom. The van der Waals surface area contributed by atoms with E-state index in [4.69, 9.17) is 5.73 Å². The Balaban J connectivity index is 2.78. The van der Waals surface area contributed by atoms with Crippen LogP contribution in [0.4, 0.5) is 0 Å². The highest BCUT2D eigenvalue weighted by molar-refractivity contribution is 5.88. The van der Waals surface area contributed by atoms with Gasteiger partial charge in [0.25, 0.3) is 0 Å². The minimum atomic E-state index is -0.579. The fraction of sp³-hybridized carbons (Fsp3) is 0.385. The molecule has 0 saturated heterocycles. The molecule has 0 aliphatic rings. The summed E-state index contributed by atoms with van der Waals surface area (Å²) < 4.78 is 2.05. The second-order valence-electron chi connectivity index (χ2n) is 4.42. The molecule has 1 heterocycles. The first-order valence-corrected chi connectivity index (χ1v) is 5.49. The highest BCUT2D eigenvalue weighted by Gasteiger charge is 2.15. The van der Waals surface area contributed by atoms with E-state index in [1.54, 1.807) is 0 Å². The van der Waals surface area contributed by atoms with E-state index in [-0.39, 0.29) is 6.54 Å². The molecule has 1 aromatic carbocycles. The first-order chi connectivity index (χ1) is 7.54. The summed E-state index contributed by atoms with van der Waals surface area (Å²) >= 11 is 0. The van der Waals surface area contributed by atoms with Crippen LogP contribution in [0.5, 0.6) is 0 Å². The predicted molar refractivity (Wildman–Crippen MR) is 66.4 cm³/mol. The fourth-order valence-electron chi connectivity index (χ4n) is 2.32. The molecule has 0 radical (unpaired) electrons. The third-order valence-electron chi connectivity index (χ3n) is 3.04. The Labute approximate surface area is 95.5 Å². The number of benzene rings is 1. The van der Waals surface area contributed by atoms with Gasteiger partial charge in [-0.25, -0.2) is 0 Å². The number of fused-ring (bicyclic) bond motifs is 1. The number of nitrogens with zero attached hydrogens (tertiary/aromatic N) is 1. The van der Waals surface area contributed by atoms with Gasteiger partial charge in [-0.2, -0.15) is 0 Å². The Hall–Kier alpha value is -1.32. The predicted octanol–water partition coefficient (Wildman–Crippen LogP) is 1.79. The lowest BCUT2D eigenvalue weighted by Gasteiger charge is -2.08. The van der Waals surface area contributed by atoms with Crippen LogP contribution in [-0.4, -0.2) is 16.2 Å². The molecule has 3 heteroatoms. The molecule has 0 bridgehead atoms. The standard InChI is InChI=1S/C13H18N2O/c1-8-4-9(2)13-10(12(16)6-14)7-15(3)11(13)5-8/h4-5,7,12,16H,6,14H2,1-3H3. The lowest BCUT2D eigenvalue weighted by Crippen LogP contribution is -2.11. The van der Waals surface area contributed by atoms with Crippen molar-refractivity contribution in [3.63, 3.8) is 0 Å². The van der Waals surface area contributed by atoms with Gasteiger partial charge in [-0.15, -0.1) is 0 Å². The topological polar surface area (TPSA) is 51.2 Å². The maximum absolute atomic E-state index is 9.90. The van der Waals surface area contributed by atoms with E-state index in [0.29, 0.717) is 0 Å². The summed E-state index contributed by atoms with van der Waals surface area (Å²) in [6.45, 7) is 4.41. The second-order valence-corrected chi connectivity index (χ2v) is 4.42. The first-order valence-electron chi connectivity index (χ1n) is 5.49. The quantitative estimate of drug-likeness (QED) is 0.807. The van der Waals surface area contributed by atoms with E-state index in [9.17, 15) is 5.11 Å². The number of hydrogen-bond donors (Lipinski definition) is 2. The molecule has 0 aliphatic carbocycles. The van der Waals surface area contributed by atoms with E-state index in [0.717, 1.165) is 16.5 Å². The van der Waals surface area contributed by atoms with Crippen molar-refractivity contribution in [2.75, 3.05) is 6.54 Å². The summed E-state index contributed by atoms with van der Waals surface area (Å²) in [6.07, 6.45) is 1.39. The Morgan fingerprint density at radius 1 is 1.38 bits per heavy atom. The van der Waals surface area contributed by atoms with Crippen molar-refractivity contribution in [1.82, 2.24) is 4.57 Å². The van der Waals surface area contributed by atoms with Gasteiger partial charge < -0.3 is 15.4 Å². The molecule has 1 unspecified atom stereocenters. The minimum absolute atomic E-state index is 0.256. The van der Waals surface area contributed by atoms with Crippen molar-refractivity contribution in [2.45, 2.75) is 20.0 Å². The van der Waals surface area contributed by atoms with E-state index in [1.165, 1.54) is 11.1 Å². The number of aryl methyl sites for hydroxylation is 3. The summed E-state index contributed by atoms with van der Waals surface area (Å²) in [6, 6.07) is 4.27. The molecule has 3 nitrogen and oxygen atoms in total. The van der Waals surface area contributed by atoms with Gasteiger partial charge in [0.05, 0.1) is 6.10 Å². The summed E-state index contributed by atoms with van der Waals surface area (Å²) in [5.74, 6) is 0. The van der Waals surface area contributed by atoms with Gasteiger partial charge in [0.2, 0.25) is 0 Å². The lowest BCUT2D eigenvalue weighted by molar-refractivity contribution is 0.188. The van der Waals surface area contributed by atoms with E-state index in [1.807, 2.05) is 17.8 Å². The third kappa shape index (κ3) is 1.62. The average Bonchev–Trinajstić information content (AvgIpc) is 2.55. The van der Waals surface area contributed by atoms with Crippen molar-refractivity contribution < 1.29 is 5.11 Å². The molecule has 2 aromatic rings. The molecule has 0 amide bonds. The largest absolute Gasteiger partial charge is 0.387 e. The van der Waals surface area contributed by atoms with E-state index < -0.39 is 6.10 Å². The van der Waals surface area contributed by atoms with Crippen LogP contribution in [0.1, 0.15) is 22.8 Å². The molecule has 0 spiro atoms. The van der Waals surface area contributed by atoms with Crippen LogP contribution in [0.2, 0.25) is 0 Å². The molecular weight excluding hydrogens is 200 g/mol. The number of nitrogens with two attached hydrogens (primary N) is 1. The van der Waals surface area contributed by atoms with Crippen molar-refractivity contribution in [3.8, 4) is 0 Å². The molecule has 2 rings (SSSR count). The molecule has 86 valence electrons. The monoisotopic (exact) mass is 218 g/mol. The number of aromatic nitrogens is 1. The van der Waals surface area contributed by atoms with Crippen LogP contribution in [0, 0.1) is 13.8 Å². The summed E-state index contributed by atoms with van der Waals surface area (Å²) in [7, 11) is 1.99. The van der Waals surface area contributed by atoms with Gasteiger partial charge in [0, 0.05) is 36.3 Å². The van der Waals surface area contributed by atoms with Crippen LogP contribution < -0.4 is 5.73 Å². The molecule has 0 aliphatic heterocycles. The lowest BCUT2D eigenvalue weighted by atomic mass is 10.0. The van der Waals surface area contributed by atoms with E-state index in [2.05, 4.69) is 26.0 Å². The van der Waals surface area contributed by atoms with E-state index >= 15 is 0 Å². The van der Waals surface area contributed by atoms with Crippen molar-refractivity contribution in [2.24, 2.45) is 12.8 Å². The molecular formula is C13H18N2O. The number of aliphatic hydroxyl groups excluding tert-OH is 1. The van der Waals surface area contributed by atoms with Gasteiger partial charge in [0.1, 0.15) is 0 Å². The summed E-state index contributed by atoms with van der Waals surface area (Å²) in [5.41, 5.74) is 10.0. The van der Waals surface area contributed by atoms with Gasteiger partial charge in [-0.3, -0.25) is 0 Å². The minimum Gasteiger partial charge on any atom is -0.387 e. The van der Waals surface area contributed by atoms with Gasteiger partial charge in [0.15, 0.2) is 0 Å². The van der Waals surface area contributed by atoms with Crippen molar-refractivity contribution >= 4 is 10.9 Å². The highest BCUT2D eigenvalue weighted by Crippen LogP contribution is 2.29. The summed E-state index contributed by atoms with van der Waals surface area (Å²) in [4.78, 5) is 0. The zero-order valence-electron chi connectivity index (χ0n) is 9.99. The normalized spacial score (nSPS) is 13.3. The Bertz CT molecular complexity index is 528. The van der Waals surface area contributed by atoms with Gasteiger partial charge in [-0.1, -0.05) is 6.07 Å². The fourth-order valence-corrected chi connectivity index (χ4v) is 2.32. The van der Waals surface area contributed by atoms with Crippen molar-refractivity contribution in [3.05, 3.63) is 35.0 Å². The Morgan fingerprint density at radius 3 is 2.69 bits per heavy atom. The third-order valence-corrected chi connectivity index (χ3v) is 3.04. The number of aliphatic hydroxyl groups is 1. The highest BCUT2D eigenvalue weighted by atomic mass is 16.3. The molecule has 0 saturated carbocycles. The number of rotatable bonds is 2. The van der Waals surface area contributed by atoms with Crippen LogP contribution in [0.25, 0.3) is 10.9 Å². The van der Waals surface area contributed by atoms with Gasteiger partial charge in [-0.05, 0) is 31.0 Å². The number of hydrogen-bond acceptors (Lipinski definition) is 2. The second kappa shape index (κ2) is 3.92. The van der Waals surface area contributed by atoms with Crippen LogP contribution in [0.15, 0.2) is 18.3 Å². The van der Waals surface area contributed by atoms with Crippen LogP contribution >= 0.6 is 0 Å². The SMILES string of the molecule is Cc1cc(C)c2c(C(O)CN)cn(C)c2c1. The maximum atomic E-state index is 9.90. The molecule has 16 heavy (non-hydrogen) atoms.